The molecule has 232 valence electrons. The molecule has 3 aliphatic rings. The summed E-state index contributed by atoms with van der Waals surface area (Å²) in [6.45, 7) is 7.81. The summed E-state index contributed by atoms with van der Waals surface area (Å²) in [4.78, 5) is 14.8. The van der Waals surface area contributed by atoms with Gasteiger partial charge >= 0.3 is 0 Å². The molecule has 3 N–H and O–H groups in total. The topological polar surface area (TPSA) is 81.5 Å². The maximum Gasteiger partial charge on any atom is 0.229 e. The average molecular weight is 618 g/mol. The molecule has 0 spiro atoms. The van der Waals surface area contributed by atoms with Gasteiger partial charge in [-0.15, -0.1) is 0 Å². The summed E-state index contributed by atoms with van der Waals surface area (Å²) in [6.07, 6.45) is 9.68. The van der Waals surface area contributed by atoms with E-state index in [9.17, 15) is 9.50 Å². The van der Waals surface area contributed by atoms with Gasteiger partial charge in [-0.05, 0) is 80.9 Å². The average Bonchev–Trinajstić information content (AvgIpc) is 3.41. The number of piperidine rings is 1. The van der Waals surface area contributed by atoms with Crippen LogP contribution in [-0.4, -0.2) is 80.9 Å². The third-order valence-corrected chi connectivity index (χ3v) is 9.87. The fourth-order valence-corrected chi connectivity index (χ4v) is 7.42. The van der Waals surface area contributed by atoms with E-state index in [0.29, 0.717) is 16.7 Å². The van der Waals surface area contributed by atoms with E-state index in [2.05, 4.69) is 60.4 Å². The molecule has 0 unspecified atom stereocenters. The molecule has 0 amide bonds. The Hall–Kier alpha value is -3.08. The second-order valence-corrected chi connectivity index (χ2v) is 13.1. The van der Waals surface area contributed by atoms with Crippen molar-refractivity contribution in [2.75, 3.05) is 44.6 Å². The maximum absolute atomic E-state index is 14.0. The largest absolute Gasteiger partial charge is 0.393 e. The van der Waals surface area contributed by atoms with Gasteiger partial charge in [0.1, 0.15) is 11.5 Å². The van der Waals surface area contributed by atoms with E-state index in [0.717, 1.165) is 99.7 Å². The molecular formula is C34H41ClFN7O. The number of hydrogen-bond acceptors (Lipinski definition) is 7. The van der Waals surface area contributed by atoms with E-state index in [1.165, 1.54) is 30.5 Å². The highest BCUT2D eigenvalue weighted by Gasteiger charge is 2.26. The van der Waals surface area contributed by atoms with Gasteiger partial charge in [0.15, 0.2) is 0 Å². The lowest BCUT2D eigenvalue weighted by molar-refractivity contribution is 0.0784. The van der Waals surface area contributed by atoms with Crippen LogP contribution in [0.1, 0.15) is 50.1 Å². The van der Waals surface area contributed by atoms with E-state index in [1.807, 2.05) is 6.20 Å². The summed E-state index contributed by atoms with van der Waals surface area (Å²) in [6, 6.07) is 14.2. The Morgan fingerprint density at radius 1 is 0.932 bits per heavy atom. The van der Waals surface area contributed by atoms with Crippen LogP contribution >= 0.6 is 11.6 Å². The minimum atomic E-state index is -0.421. The molecule has 44 heavy (non-hydrogen) atoms. The van der Waals surface area contributed by atoms with Crippen molar-refractivity contribution in [1.82, 2.24) is 29.7 Å². The predicted octanol–water partition coefficient (Wildman–Crippen LogP) is 5.98. The number of rotatable bonds is 7. The van der Waals surface area contributed by atoms with Crippen molar-refractivity contribution in [3.05, 3.63) is 71.3 Å². The summed E-state index contributed by atoms with van der Waals surface area (Å²) < 4.78 is 16.2. The lowest BCUT2D eigenvalue weighted by Gasteiger charge is -2.40. The molecule has 2 aromatic carbocycles. The number of hydrogen-bond donors (Lipinski definition) is 3. The molecule has 2 aliphatic heterocycles. The molecule has 1 saturated carbocycles. The number of aromatic nitrogens is 3. The molecule has 0 atom stereocenters. The predicted molar refractivity (Wildman–Crippen MR) is 174 cm³/mol. The number of fused-ring (bicyclic) bond motifs is 1. The number of piperazine rings is 1. The number of anilines is 2. The van der Waals surface area contributed by atoms with E-state index in [-0.39, 0.29) is 12.1 Å². The molecule has 2 aromatic heterocycles. The molecule has 0 bridgehead atoms. The monoisotopic (exact) mass is 617 g/mol. The number of aliphatic hydroxyl groups is 1. The van der Waals surface area contributed by atoms with Crippen LogP contribution < -0.4 is 10.6 Å². The molecule has 1 aliphatic carbocycles. The van der Waals surface area contributed by atoms with Crippen LogP contribution in [0.2, 0.25) is 5.02 Å². The lowest BCUT2D eigenvalue weighted by atomic mass is 9.93. The fraction of sp³-hybridized carbons (Fsp3) is 0.471. The normalized spacial score (nSPS) is 22.4. The van der Waals surface area contributed by atoms with Crippen LogP contribution in [0, 0.1) is 5.82 Å². The number of halogens is 2. The zero-order valence-corrected chi connectivity index (χ0v) is 25.8. The quantitative estimate of drug-likeness (QED) is 0.235. The van der Waals surface area contributed by atoms with E-state index < -0.39 is 5.82 Å². The van der Waals surface area contributed by atoms with Crippen LogP contribution in [0.5, 0.6) is 0 Å². The Balaban J connectivity index is 1.10. The molecule has 4 heterocycles. The van der Waals surface area contributed by atoms with Crippen molar-refractivity contribution in [2.45, 2.75) is 63.3 Å². The van der Waals surface area contributed by atoms with Gasteiger partial charge < -0.3 is 20.3 Å². The molecule has 3 fully saturated rings. The Labute approximate surface area is 263 Å². The van der Waals surface area contributed by atoms with E-state index in [1.54, 1.807) is 6.07 Å². The smallest absolute Gasteiger partial charge is 0.229 e. The maximum atomic E-state index is 14.0. The molecule has 7 rings (SSSR count). The standard InChI is InChI=1S/C34H41ClFN7O/c35-25-17-26(36)19-27(18-25)39-34-38-20-31-32(22-43(33(31)40-34)29-5-7-30(44)8-6-29)24-3-1-23(2-4-24)21-41-13-15-42(16-14-41)28-9-11-37-12-10-28/h1-4,17-20,22,28-30,37,44H,5-16,21H2,(H,38,39,40). The summed E-state index contributed by atoms with van der Waals surface area (Å²) in [5, 5.41) is 18.0. The first-order valence-electron chi connectivity index (χ1n) is 16.0. The molecule has 2 saturated heterocycles. The van der Waals surface area contributed by atoms with E-state index >= 15 is 0 Å². The Bertz CT molecular complexity index is 1550. The van der Waals surface area contributed by atoms with Crippen LogP contribution in [-0.2, 0) is 6.54 Å². The second kappa shape index (κ2) is 13.1. The van der Waals surface area contributed by atoms with Crippen molar-refractivity contribution in [3.8, 4) is 11.1 Å². The Morgan fingerprint density at radius 2 is 1.68 bits per heavy atom. The van der Waals surface area contributed by atoms with E-state index in [4.69, 9.17) is 16.6 Å². The molecule has 10 heteroatoms. The summed E-state index contributed by atoms with van der Waals surface area (Å²) in [7, 11) is 0. The second-order valence-electron chi connectivity index (χ2n) is 12.6. The zero-order chi connectivity index (χ0) is 30.0. The molecular weight excluding hydrogens is 577 g/mol. The zero-order valence-electron chi connectivity index (χ0n) is 25.1. The SMILES string of the molecule is OC1CCC(n2cc(-c3ccc(CN4CCN(C5CCNCC5)CC4)cc3)c3cnc(Nc4cc(F)cc(Cl)c4)nc32)CC1. The van der Waals surface area contributed by atoms with Crippen LogP contribution in [0.3, 0.4) is 0 Å². The lowest BCUT2D eigenvalue weighted by Crippen LogP contribution is -2.52. The third-order valence-electron chi connectivity index (χ3n) is 9.65. The highest BCUT2D eigenvalue weighted by molar-refractivity contribution is 6.30. The van der Waals surface area contributed by atoms with Gasteiger partial charge in [-0.1, -0.05) is 35.9 Å². The molecule has 8 nitrogen and oxygen atoms in total. The van der Waals surface area contributed by atoms with Gasteiger partial charge in [-0.25, -0.2) is 9.37 Å². The van der Waals surface area contributed by atoms with Crippen LogP contribution in [0.15, 0.2) is 54.9 Å². The molecule has 0 radical (unpaired) electrons. The third kappa shape index (κ3) is 6.62. The first-order chi connectivity index (χ1) is 21.5. The number of aliphatic hydroxyl groups excluding tert-OH is 1. The van der Waals surface area contributed by atoms with Crippen molar-refractivity contribution < 1.29 is 9.50 Å². The first kappa shape index (κ1) is 29.6. The van der Waals surface area contributed by atoms with Crippen LogP contribution in [0.4, 0.5) is 16.0 Å². The van der Waals surface area contributed by atoms with Crippen molar-refractivity contribution in [2.24, 2.45) is 0 Å². The number of nitrogens with zero attached hydrogens (tertiary/aromatic N) is 5. The van der Waals surface area contributed by atoms with Crippen molar-refractivity contribution in [3.63, 3.8) is 0 Å². The highest BCUT2D eigenvalue weighted by Crippen LogP contribution is 2.37. The first-order valence-corrected chi connectivity index (χ1v) is 16.4. The summed E-state index contributed by atoms with van der Waals surface area (Å²) in [5.74, 6) is -0.0352. The van der Waals surface area contributed by atoms with Gasteiger partial charge in [0.05, 0.1) is 6.10 Å². The Kier molecular flexibility index (Phi) is 8.82. The van der Waals surface area contributed by atoms with Gasteiger partial charge in [0, 0.05) is 78.9 Å². The van der Waals surface area contributed by atoms with Gasteiger partial charge in [0.2, 0.25) is 5.95 Å². The number of nitrogens with one attached hydrogen (secondary N) is 2. The minimum absolute atomic E-state index is 0.239. The van der Waals surface area contributed by atoms with Gasteiger partial charge in [-0.2, -0.15) is 4.98 Å². The fourth-order valence-electron chi connectivity index (χ4n) is 7.20. The van der Waals surface area contributed by atoms with Crippen molar-refractivity contribution >= 4 is 34.3 Å². The number of benzene rings is 2. The molecule has 4 aromatic rings. The Morgan fingerprint density at radius 3 is 2.41 bits per heavy atom. The van der Waals surface area contributed by atoms with Crippen molar-refractivity contribution in [1.29, 1.82) is 0 Å². The highest BCUT2D eigenvalue weighted by atomic mass is 35.5. The van der Waals surface area contributed by atoms with Crippen LogP contribution in [0.25, 0.3) is 22.2 Å². The summed E-state index contributed by atoms with van der Waals surface area (Å²) >= 11 is 6.07. The van der Waals surface area contributed by atoms with Gasteiger partial charge in [-0.3, -0.25) is 9.80 Å². The van der Waals surface area contributed by atoms with Gasteiger partial charge in [0.25, 0.3) is 0 Å². The summed E-state index contributed by atoms with van der Waals surface area (Å²) in [5.41, 5.74) is 4.87. The minimum Gasteiger partial charge on any atom is -0.393 e.